The number of benzene rings is 8. The third-order valence-corrected chi connectivity index (χ3v) is 23.4. The van der Waals surface area contributed by atoms with Gasteiger partial charge in [-0.15, -0.1) is 11.3 Å². The minimum atomic E-state index is -0.170. The highest BCUT2D eigenvalue weighted by molar-refractivity contribution is 7.26. The molecule has 0 radical (unpaired) electrons. The van der Waals surface area contributed by atoms with Gasteiger partial charge >= 0.3 is 0 Å². The summed E-state index contributed by atoms with van der Waals surface area (Å²) in [5.41, 5.74) is 24.3. The van der Waals surface area contributed by atoms with Crippen LogP contribution in [0.15, 0.2) is 156 Å². The summed E-state index contributed by atoms with van der Waals surface area (Å²) < 4.78 is 12.3. The van der Waals surface area contributed by atoms with E-state index in [2.05, 4.69) is 240 Å². The van der Waals surface area contributed by atoms with E-state index in [-0.39, 0.29) is 39.5 Å². The average molecular weight is 1080 g/mol. The van der Waals surface area contributed by atoms with Crippen LogP contribution in [0.1, 0.15) is 143 Å². The molecular weight excluding hydrogens is 1000 g/mol. The number of rotatable bonds is 3. The van der Waals surface area contributed by atoms with Gasteiger partial charge in [-0.2, -0.15) is 0 Å². The van der Waals surface area contributed by atoms with Crippen molar-refractivity contribution in [2.24, 2.45) is 0 Å². The predicted octanol–water partition coefficient (Wildman–Crippen LogP) is 18.6. The first-order valence-electron chi connectivity index (χ1n) is 30.3. The SMILES string of the molecule is CC(C)(C)c1ccc2c(c1)C1(C)CCCCC1(C)N2c1ccc2c(c1)N(c1cccc3oc4ccccc4c13)c1cc(N3c4ccc(C(C)(C)C)cc4C4(C)CCCCC34C)cc3c1B2c1cccc2c4sc5ccccc5c4n-3c12. The standard InChI is InChI=1S/C74H71BN4OS/c1-69(2,3)44-29-33-55-51(39-44)71(7)35-15-17-37-73(71,9)78(55)46-31-32-53-58(41-46)76(57-25-20-27-62-64(57)48-21-11-13-26-61(48)80-62)59-42-47(79-56-34-30-45(70(4,5)6)40-52(56)72(8)36-16-18-38-74(72,79)10)43-60-65(59)75(53)54-24-19-23-50-66(54)77(60)67-49-22-12-14-28-63(49)81-68(50)67/h11-14,19-34,39-43H,15-18,35-38H2,1-10H3. The maximum Gasteiger partial charge on any atom is 0.252 e. The Morgan fingerprint density at radius 1 is 0.469 bits per heavy atom. The molecule has 81 heavy (non-hydrogen) atoms. The number of para-hydroxylation sites is 2. The molecule has 0 N–H and O–H groups in total. The zero-order valence-corrected chi connectivity index (χ0v) is 49.6. The van der Waals surface area contributed by atoms with Gasteiger partial charge in [-0.3, -0.25) is 0 Å². The van der Waals surface area contributed by atoms with Gasteiger partial charge in [-0.1, -0.05) is 172 Å². The lowest BCUT2D eigenvalue weighted by Crippen LogP contribution is -2.61. The molecule has 7 heteroatoms. The molecule has 4 unspecified atom stereocenters. The fraction of sp³-hybridized carbons (Fsp3) is 0.324. The molecule has 17 rings (SSSR count). The summed E-state index contributed by atoms with van der Waals surface area (Å²) in [6.07, 6.45) is 9.53. The summed E-state index contributed by atoms with van der Waals surface area (Å²) in [5, 5.41) is 4.95. The van der Waals surface area contributed by atoms with Crippen molar-refractivity contribution in [2.45, 2.75) is 153 Å². The molecule has 2 saturated carbocycles. The molecule has 8 aromatic carbocycles. The highest BCUT2D eigenvalue weighted by atomic mass is 32.1. The van der Waals surface area contributed by atoms with E-state index >= 15 is 0 Å². The summed E-state index contributed by atoms with van der Waals surface area (Å²) in [5.74, 6) is 0. The minimum Gasteiger partial charge on any atom is -0.456 e. The third kappa shape index (κ3) is 6.04. The van der Waals surface area contributed by atoms with Crippen LogP contribution in [0.25, 0.3) is 58.8 Å². The van der Waals surface area contributed by atoms with Crippen LogP contribution in [0.4, 0.5) is 39.8 Å². The lowest BCUT2D eigenvalue weighted by Gasteiger charge is -2.51. The summed E-state index contributed by atoms with van der Waals surface area (Å²) >= 11 is 1.95. The van der Waals surface area contributed by atoms with Crippen molar-refractivity contribution >= 4 is 127 Å². The topological polar surface area (TPSA) is 27.8 Å². The van der Waals surface area contributed by atoms with Crippen LogP contribution in [0, 0.1) is 0 Å². The number of hydrogen-bond donors (Lipinski definition) is 0. The van der Waals surface area contributed by atoms with Gasteiger partial charge in [0.1, 0.15) is 11.2 Å². The van der Waals surface area contributed by atoms with Gasteiger partial charge < -0.3 is 23.7 Å². The van der Waals surface area contributed by atoms with E-state index in [1.165, 1.54) is 148 Å². The van der Waals surface area contributed by atoms with Crippen LogP contribution >= 0.6 is 11.3 Å². The number of nitrogens with zero attached hydrogens (tertiary/aromatic N) is 4. The fourth-order valence-corrected chi connectivity index (χ4v) is 18.8. The normalized spacial score (nSPS) is 23.6. The van der Waals surface area contributed by atoms with E-state index in [9.17, 15) is 0 Å². The summed E-state index contributed by atoms with van der Waals surface area (Å²) in [6, 6.07) is 59.8. The van der Waals surface area contributed by atoms with Crippen LogP contribution < -0.4 is 31.1 Å². The van der Waals surface area contributed by atoms with E-state index in [0.717, 1.165) is 40.5 Å². The van der Waals surface area contributed by atoms with Crippen LogP contribution in [0.5, 0.6) is 0 Å². The highest BCUT2D eigenvalue weighted by Gasteiger charge is 2.60. The molecule has 4 aliphatic heterocycles. The number of anilines is 7. The van der Waals surface area contributed by atoms with Gasteiger partial charge in [0.15, 0.2) is 0 Å². The number of aromatic nitrogens is 1. The van der Waals surface area contributed by atoms with Crippen molar-refractivity contribution in [2.75, 3.05) is 14.7 Å². The number of fused-ring (bicyclic) bond motifs is 18. The second-order valence-corrected chi connectivity index (χ2v) is 29.3. The molecule has 7 heterocycles. The molecule has 4 atom stereocenters. The van der Waals surface area contributed by atoms with Crippen molar-refractivity contribution in [3.05, 3.63) is 174 Å². The largest absolute Gasteiger partial charge is 0.456 e. The van der Waals surface area contributed by atoms with Crippen LogP contribution in [-0.4, -0.2) is 22.4 Å². The average Bonchev–Trinajstić information content (AvgIpc) is 1.93. The lowest BCUT2D eigenvalue weighted by molar-refractivity contribution is 0.195. The molecule has 2 aliphatic carbocycles. The second-order valence-electron chi connectivity index (χ2n) is 28.3. The van der Waals surface area contributed by atoms with Crippen LogP contribution in [-0.2, 0) is 21.7 Å². The minimum absolute atomic E-state index is 0.0139. The third-order valence-electron chi connectivity index (χ3n) is 22.2. The van der Waals surface area contributed by atoms with E-state index in [0.29, 0.717) is 0 Å². The summed E-state index contributed by atoms with van der Waals surface area (Å²) in [6.45, 7) is 24.6. The Balaban J connectivity index is 1.01. The predicted molar refractivity (Wildman–Crippen MR) is 346 cm³/mol. The quantitative estimate of drug-likeness (QED) is 0.165. The molecule has 0 bridgehead atoms. The molecule has 6 aliphatic rings. The molecule has 402 valence electrons. The first-order valence-corrected chi connectivity index (χ1v) is 31.1. The van der Waals surface area contributed by atoms with Gasteiger partial charge in [0, 0.05) is 71.5 Å². The van der Waals surface area contributed by atoms with Crippen molar-refractivity contribution < 1.29 is 4.42 Å². The summed E-state index contributed by atoms with van der Waals surface area (Å²) in [4.78, 5) is 8.37. The smallest absolute Gasteiger partial charge is 0.252 e. The lowest BCUT2D eigenvalue weighted by atomic mass is 9.33. The molecule has 2 fully saturated rings. The zero-order valence-electron chi connectivity index (χ0n) is 48.8. The number of thiophene rings is 1. The van der Waals surface area contributed by atoms with E-state index < -0.39 is 0 Å². The van der Waals surface area contributed by atoms with Gasteiger partial charge in [-0.05, 0) is 150 Å². The van der Waals surface area contributed by atoms with Crippen LogP contribution in [0.3, 0.4) is 0 Å². The molecular formula is C74H71BN4OS. The second kappa shape index (κ2) is 15.9. The van der Waals surface area contributed by atoms with Gasteiger partial charge in [0.2, 0.25) is 0 Å². The molecule has 11 aromatic rings. The number of furan rings is 1. The Morgan fingerprint density at radius 2 is 1.05 bits per heavy atom. The van der Waals surface area contributed by atoms with Crippen LogP contribution in [0.2, 0.25) is 0 Å². The molecule has 0 saturated heterocycles. The van der Waals surface area contributed by atoms with Crippen molar-refractivity contribution in [3.63, 3.8) is 0 Å². The van der Waals surface area contributed by atoms with Crippen molar-refractivity contribution in [1.82, 2.24) is 4.57 Å². The Labute approximate surface area is 481 Å². The monoisotopic (exact) mass is 1070 g/mol. The van der Waals surface area contributed by atoms with E-state index in [4.69, 9.17) is 4.42 Å². The highest BCUT2D eigenvalue weighted by Crippen LogP contribution is 2.64. The first kappa shape index (κ1) is 48.5. The number of hydrogen-bond acceptors (Lipinski definition) is 5. The van der Waals surface area contributed by atoms with Gasteiger partial charge in [0.25, 0.3) is 6.71 Å². The Morgan fingerprint density at radius 3 is 1.74 bits per heavy atom. The Bertz CT molecular complexity index is 4580. The van der Waals surface area contributed by atoms with Gasteiger partial charge in [0.05, 0.1) is 37.9 Å². The maximum absolute atomic E-state index is 6.87. The molecule has 5 nitrogen and oxygen atoms in total. The van der Waals surface area contributed by atoms with E-state index in [1.54, 1.807) is 0 Å². The van der Waals surface area contributed by atoms with Crippen molar-refractivity contribution in [1.29, 1.82) is 0 Å². The maximum atomic E-state index is 6.87. The fourth-order valence-electron chi connectivity index (χ4n) is 17.5. The van der Waals surface area contributed by atoms with Gasteiger partial charge in [-0.25, -0.2) is 0 Å². The summed E-state index contributed by atoms with van der Waals surface area (Å²) in [7, 11) is 0. The first-order chi connectivity index (χ1) is 38.9. The molecule has 0 spiro atoms. The Hall–Kier alpha value is -7.22. The molecule has 3 aromatic heterocycles. The zero-order chi connectivity index (χ0) is 55.1. The Kier molecular flexibility index (Phi) is 9.49. The van der Waals surface area contributed by atoms with E-state index in [1.807, 2.05) is 11.3 Å². The van der Waals surface area contributed by atoms with Crippen molar-refractivity contribution in [3.8, 4) is 5.69 Å². The molecule has 0 amide bonds.